The van der Waals surface area contributed by atoms with Gasteiger partial charge in [-0.25, -0.2) is 13.1 Å². The summed E-state index contributed by atoms with van der Waals surface area (Å²) in [6.07, 6.45) is 0. The molecule has 1 aromatic rings. The minimum absolute atomic E-state index is 0.0950. The molecule has 15 heavy (non-hydrogen) atoms. The molecule has 0 atom stereocenters. The minimum Gasteiger partial charge on any atom is -0.329 e. The van der Waals surface area contributed by atoms with E-state index in [0.29, 0.717) is 0 Å². The van der Waals surface area contributed by atoms with E-state index in [0.717, 1.165) is 5.56 Å². The third-order valence-electron chi connectivity index (χ3n) is 1.81. The highest BCUT2D eigenvalue weighted by molar-refractivity contribution is 7.89. The first kappa shape index (κ1) is 12.4. The fraction of sp³-hybridized carbons (Fsp3) is 0.333. The third kappa shape index (κ3) is 3.17. The van der Waals surface area contributed by atoms with Gasteiger partial charge in [0.1, 0.15) is 4.90 Å². The molecule has 84 valence electrons. The van der Waals surface area contributed by atoms with Gasteiger partial charge in [-0.05, 0) is 24.6 Å². The molecule has 0 unspecified atom stereocenters. The summed E-state index contributed by atoms with van der Waals surface area (Å²) in [7, 11) is -3.54. The zero-order valence-electron chi connectivity index (χ0n) is 8.33. The van der Waals surface area contributed by atoms with Gasteiger partial charge in [0.15, 0.2) is 0 Å². The monoisotopic (exact) mass is 248 g/mol. The van der Waals surface area contributed by atoms with Gasteiger partial charge in [0.2, 0.25) is 10.0 Å². The lowest BCUT2D eigenvalue weighted by molar-refractivity contribution is 0.582. The molecular formula is C9H13ClN2O2S. The van der Waals surface area contributed by atoms with Gasteiger partial charge in [0.25, 0.3) is 0 Å². The summed E-state index contributed by atoms with van der Waals surface area (Å²) in [5.74, 6) is 0. The highest BCUT2D eigenvalue weighted by Crippen LogP contribution is 2.21. The quantitative estimate of drug-likeness (QED) is 0.831. The molecular weight excluding hydrogens is 236 g/mol. The lowest BCUT2D eigenvalue weighted by Crippen LogP contribution is -2.29. The lowest BCUT2D eigenvalue weighted by atomic mass is 10.2. The number of hydrogen-bond donors (Lipinski definition) is 2. The largest absolute Gasteiger partial charge is 0.329 e. The molecule has 4 nitrogen and oxygen atoms in total. The van der Waals surface area contributed by atoms with E-state index >= 15 is 0 Å². The maximum absolute atomic E-state index is 11.7. The molecule has 0 fully saturated rings. The standard InChI is InChI=1S/C9H13ClN2O2S/c1-7-2-3-8(10)9(6-7)15(13,14)12-5-4-11/h2-3,6,12H,4-5,11H2,1H3. The molecule has 0 aliphatic heterocycles. The Morgan fingerprint density at radius 1 is 1.47 bits per heavy atom. The van der Waals surface area contributed by atoms with Crippen molar-refractivity contribution in [3.63, 3.8) is 0 Å². The highest BCUT2D eigenvalue weighted by atomic mass is 35.5. The summed E-state index contributed by atoms with van der Waals surface area (Å²) in [4.78, 5) is 0.0950. The number of halogens is 1. The number of sulfonamides is 1. The number of aryl methyl sites for hydroxylation is 1. The SMILES string of the molecule is Cc1ccc(Cl)c(S(=O)(=O)NCCN)c1. The van der Waals surface area contributed by atoms with Gasteiger partial charge in [0, 0.05) is 13.1 Å². The number of nitrogens with two attached hydrogens (primary N) is 1. The Hall–Kier alpha value is -0.620. The van der Waals surface area contributed by atoms with Crippen molar-refractivity contribution in [3.8, 4) is 0 Å². The summed E-state index contributed by atoms with van der Waals surface area (Å²) < 4.78 is 25.8. The topological polar surface area (TPSA) is 72.2 Å². The van der Waals surface area contributed by atoms with Crippen LogP contribution in [-0.4, -0.2) is 21.5 Å². The average Bonchev–Trinajstić information content (AvgIpc) is 2.18. The molecule has 1 aromatic carbocycles. The molecule has 3 N–H and O–H groups in total. The Morgan fingerprint density at radius 3 is 2.73 bits per heavy atom. The Balaban J connectivity index is 3.09. The number of rotatable bonds is 4. The molecule has 0 saturated heterocycles. The number of benzene rings is 1. The van der Waals surface area contributed by atoms with Crippen LogP contribution >= 0.6 is 11.6 Å². The van der Waals surface area contributed by atoms with E-state index in [1.807, 2.05) is 0 Å². The van der Waals surface area contributed by atoms with Crippen molar-refractivity contribution >= 4 is 21.6 Å². The van der Waals surface area contributed by atoms with Crippen molar-refractivity contribution in [1.29, 1.82) is 0 Å². The molecule has 0 radical (unpaired) electrons. The Kier molecular flexibility index (Phi) is 4.10. The van der Waals surface area contributed by atoms with Gasteiger partial charge in [-0.15, -0.1) is 0 Å². The van der Waals surface area contributed by atoms with Gasteiger partial charge in [0.05, 0.1) is 5.02 Å². The van der Waals surface area contributed by atoms with Gasteiger partial charge < -0.3 is 5.73 Å². The zero-order chi connectivity index (χ0) is 11.5. The number of nitrogens with one attached hydrogen (secondary N) is 1. The Morgan fingerprint density at radius 2 is 2.13 bits per heavy atom. The van der Waals surface area contributed by atoms with Crippen LogP contribution in [0.2, 0.25) is 5.02 Å². The van der Waals surface area contributed by atoms with Crippen LogP contribution in [0.25, 0.3) is 0 Å². The summed E-state index contributed by atoms with van der Waals surface area (Å²) in [6, 6.07) is 4.85. The molecule has 0 aromatic heterocycles. The van der Waals surface area contributed by atoms with Crippen molar-refractivity contribution in [2.45, 2.75) is 11.8 Å². The van der Waals surface area contributed by atoms with Crippen LogP contribution in [0.5, 0.6) is 0 Å². The molecule has 0 saturated carbocycles. The molecule has 0 aliphatic rings. The molecule has 0 spiro atoms. The molecule has 0 aliphatic carbocycles. The second-order valence-electron chi connectivity index (χ2n) is 3.12. The van der Waals surface area contributed by atoms with Crippen LogP contribution < -0.4 is 10.5 Å². The van der Waals surface area contributed by atoms with Crippen molar-refractivity contribution in [3.05, 3.63) is 28.8 Å². The summed E-state index contributed by atoms with van der Waals surface area (Å²) in [5.41, 5.74) is 6.06. The van der Waals surface area contributed by atoms with Gasteiger partial charge in [-0.1, -0.05) is 17.7 Å². The fourth-order valence-corrected chi connectivity index (χ4v) is 2.72. The van der Waals surface area contributed by atoms with Gasteiger partial charge in [-0.3, -0.25) is 0 Å². The van der Waals surface area contributed by atoms with Crippen LogP contribution in [0, 0.1) is 6.92 Å². The second kappa shape index (κ2) is 4.94. The Labute approximate surface area is 94.5 Å². The van der Waals surface area contributed by atoms with Crippen molar-refractivity contribution in [2.75, 3.05) is 13.1 Å². The summed E-state index contributed by atoms with van der Waals surface area (Å²) >= 11 is 5.81. The van der Waals surface area contributed by atoms with Gasteiger partial charge in [-0.2, -0.15) is 0 Å². The predicted octanol–water partition coefficient (Wildman–Crippen LogP) is 0.885. The molecule has 6 heteroatoms. The zero-order valence-corrected chi connectivity index (χ0v) is 9.90. The highest BCUT2D eigenvalue weighted by Gasteiger charge is 2.16. The maximum atomic E-state index is 11.7. The van der Waals surface area contributed by atoms with Crippen molar-refractivity contribution in [1.82, 2.24) is 4.72 Å². The normalized spacial score (nSPS) is 11.7. The van der Waals surface area contributed by atoms with Crippen LogP contribution in [0.4, 0.5) is 0 Å². The van der Waals surface area contributed by atoms with E-state index in [2.05, 4.69) is 4.72 Å². The minimum atomic E-state index is -3.54. The molecule has 0 bridgehead atoms. The third-order valence-corrected chi connectivity index (χ3v) is 3.76. The first-order valence-corrected chi connectivity index (χ1v) is 6.29. The van der Waals surface area contributed by atoms with E-state index in [1.165, 1.54) is 6.07 Å². The molecule has 0 amide bonds. The smallest absolute Gasteiger partial charge is 0.242 e. The molecule has 0 heterocycles. The second-order valence-corrected chi connectivity index (χ2v) is 5.26. The van der Waals surface area contributed by atoms with Crippen LogP contribution in [0.15, 0.2) is 23.1 Å². The lowest BCUT2D eigenvalue weighted by Gasteiger charge is -2.07. The van der Waals surface area contributed by atoms with E-state index in [1.54, 1.807) is 19.1 Å². The summed E-state index contributed by atoms with van der Waals surface area (Å²) in [5, 5.41) is 0.213. The van der Waals surface area contributed by atoms with Crippen LogP contribution in [0.1, 0.15) is 5.56 Å². The summed E-state index contributed by atoms with van der Waals surface area (Å²) in [6.45, 7) is 2.26. The molecule has 1 rings (SSSR count). The van der Waals surface area contributed by atoms with E-state index < -0.39 is 10.0 Å². The first-order valence-electron chi connectivity index (χ1n) is 4.43. The number of hydrogen-bond acceptors (Lipinski definition) is 3. The van der Waals surface area contributed by atoms with E-state index in [4.69, 9.17) is 17.3 Å². The van der Waals surface area contributed by atoms with Crippen molar-refractivity contribution < 1.29 is 8.42 Å². The first-order chi connectivity index (χ1) is 6.97. The average molecular weight is 249 g/mol. The van der Waals surface area contributed by atoms with Crippen molar-refractivity contribution in [2.24, 2.45) is 5.73 Å². The Bertz CT molecular complexity index is 445. The van der Waals surface area contributed by atoms with Crippen LogP contribution in [0.3, 0.4) is 0 Å². The van der Waals surface area contributed by atoms with E-state index in [9.17, 15) is 8.42 Å². The fourth-order valence-electron chi connectivity index (χ4n) is 1.09. The van der Waals surface area contributed by atoms with Gasteiger partial charge >= 0.3 is 0 Å². The predicted molar refractivity (Wildman–Crippen MR) is 60.4 cm³/mol. The van der Waals surface area contributed by atoms with E-state index in [-0.39, 0.29) is 23.0 Å². The maximum Gasteiger partial charge on any atom is 0.242 e. The van der Waals surface area contributed by atoms with Crippen LogP contribution in [-0.2, 0) is 10.0 Å².